The van der Waals surface area contributed by atoms with Crippen molar-refractivity contribution in [3.05, 3.63) is 146 Å². The van der Waals surface area contributed by atoms with E-state index in [9.17, 15) is 19.0 Å². The second-order valence-electron chi connectivity index (χ2n) is 28.1. The fourth-order valence-electron chi connectivity index (χ4n) is 11.2. The number of ether oxygens (including phenoxy) is 2. The summed E-state index contributed by atoms with van der Waals surface area (Å²) in [5, 5.41) is 0. The molecule has 0 amide bonds. The highest BCUT2D eigenvalue weighted by atomic mass is 31.2. The summed E-state index contributed by atoms with van der Waals surface area (Å²) in [7, 11) is 1.47. The van der Waals surface area contributed by atoms with Crippen LogP contribution in [0.1, 0.15) is 348 Å². The first kappa shape index (κ1) is 93.9. The fourth-order valence-corrected chi connectivity index (χ4v) is 11.9. The lowest BCUT2D eigenvalue weighted by molar-refractivity contribution is -0.870. The molecule has 0 heterocycles. The molecule has 1 N–H and O–H groups in total. The summed E-state index contributed by atoms with van der Waals surface area (Å²) in [6.07, 6.45) is 114. The van der Waals surface area contributed by atoms with Gasteiger partial charge in [0.05, 0.1) is 27.7 Å². The van der Waals surface area contributed by atoms with Crippen LogP contribution in [0.3, 0.4) is 0 Å². The van der Waals surface area contributed by atoms with E-state index >= 15 is 0 Å². The Kier molecular flexibility index (Phi) is 73.8. The highest BCUT2D eigenvalue weighted by Gasteiger charge is 2.27. The smallest absolute Gasteiger partial charge is 0.462 e. The van der Waals surface area contributed by atoms with Crippen LogP contribution in [0.25, 0.3) is 0 Å². The van der Waals surface area contributed by atoms with Gasteiger partial charge < -0.3 is 18.9 Å². The van der Waals surface area contributed by atoms with E-state index in [4.69, 9.17) is 18.5 Å². The standard InChI is InChI=1S/C88H152NO8P/c1-6-8-10-12-14-16-18-20-22-24-26-28-30-32-34-36-38-40-42-44-46-48-50-52-54-56-58-60-62-64-66-68-70-72-74-76-78-80-87(90)94-84-86(85-96-98(92,93)95-83-82-89(3,4)5)97-88(91)81-79-77-75-73-71-69-67-65-63-61-59-57-55-53-51-49-47-45-43-41-39-37-35-33-31-29-27-25-23-21-19-17-15-13-11-9-7-2/h9,11,15,17-18,20-21,23-24,26-27,29-30,32-33,35,39,41,45,47,51,53,57,59,86H,6-8,10,12-14,16,19,22,25,28,31,34,36-38,40,42-44,46,48-50,52,54-56,58,60-85H2,1-5H3/p+1/b11-9-,17-15-,20-18-,23-21-,26-24-,29-27-,32-30-,35-33-,41-39-,47-45-,53-51-,59-57-. The summed E-state index contributed by atoms with van der Waals surface area (Å²) >= 11 is 0. The fraction of sp³-hybridized carbons (Fsp3) is 0.705. The van der Waals surface area contributed by atoms with Crippen LogP contribution in [0.2, 0.25) is 0 Å². The lowest BCUT2D eigenvalue weighted by Crippen LogP contribution is -2.37. The van der Waals surface area contributed by atoms with Crippen molar-refractivity contribution in [2.24, 2.45) is 0 Å². The Labute approximate surface area is 605 Å². The predicted molar refractivity (Wildman–Crippen MR) is 427 cm³/mol. The van der Waals surface area contributed by atoms with Crippen LogP contribution in [0, 0.1) is 0 Å². The maximum absolute atomic E-state index is 12.9. The first-order valence-corrected chi connectivity index (χ1v) is 42.1. The van der Waals surface area contributed by atoms with Crippen molar-refractivity contribution in [1.29, 1.82) is 0 Å². The van der Waals surface area contributed by atoms with E-state index in [1.165, 1.54) is 199 Å². The quantitative estimate of drug-likeness (QED) is 0.0211. The summed E-state index contributed by atoms with van der Waals surface area (Å²) in [5.74, 6) is -0.799. The molecule has 0 saturated heterocycles. The lowest BCUT2D eigenvalue weighted by Gasteiger charge is -2.24. The van der Waals surface area contributed by atoms with Gasteiger partial charge in [-0.3, -0.25) is 18.6 Å². The van der Waals surface area contributed by atoms with Crippen LogP contribution in [-0.2, 0) is 32.7 Å². The largest absolute Gasteiger partial charge is 0.472 e. The van der Waals surface area contributed by atoms with Gasteiger partial charge in [-0.1, -0.05) is 359 Å². The topological polar surface area (TPSA) is 108 Å². The molecule has 0 aliphatic carbocycles. The van der Waals surface area contributed by atoms with Crippen LogP contribution in [0.4, 0.5) is 0 Å². The third-order valence-electron chi connectivity index (χ3n) is 17.4. The van der Waals surface area contributed by atoms with Crippen LogP contribution < -0.4 is 0 Å². The van der Waals surface area contributed by atoms with Crippen molar-refractivity contribution in [3.8, 4) is 0 Å². The Morgan fingerprint density at radius 1 is 0.327 bits per heavy atom. The van der Waals surface area contributed by atoms with E-state index in [-0.39, 0.29) is 32.0 Å². The van der Waals surface area contributed by atoms with Gasteiger partial charge in [-0.05, 0) is 122 Å². The highest BCUT2D eigenvalue weighted by molar-refractivity contribution is 7.47. The number of carbonyl (C=O) groups is 2. The number of hydrogen-bond donors (Lipinski definition) is 1. The number of nitrogens with zero attached hydrogens (tertiary/aromatic N) is 1. The molecule has 2 atom stereocenters. The average Bonchev–Trinajstić information content (AvgIpc) is 1.08. The molecule has 0 aromatic carbocycles. The maximum atomic E-state index is 12.9. The number of phosphoric ester groups is 1. The van der Waals surface area contributed by atoms with Gasteiger partial charge in [0.25, 0.3) is 0 Å². The molecule has 0 rings (SSSR count). The van der Waals surface area contributed by atoms with Gasteiger partial charge in [-0.25, -0.2) is 4.57 Å². The number of unbranched alkanes of at least 4 members (excludes halogenated alkanes) is 36. The summed E-state index contributed by atoms with van der Waals surface area (Å²) in [4.78, 5) is 36.0. The molecule has 0 aliphatic rings. The Balaban J connectivity index is 4.01. The molecule has 0 spiro atoms. The first-order valence-electron chi connectivity index (χ1n) is 40.6. The third-order valence-corrected chi connectivity index (χ3v) is 18.3. The number of esters is 2. The summed E-state index contributed by atoms with van der Waals surface area (Å²) in [6, 6.07) is 0. The van der Waals surface area contributed by atoms with Crippen molar-refractivity contribution >= 4 is 19.8 Å². The average molecular weight is 1380 g/mol. The van der Waals surface area contributed by atoms with Gasteiger partial charge in [0, 0.05) is 12.8 Å². The van der Waals surface area contributed by atoms with Gasteiger partial charge >= 0.3 is 19.8 Å². The van der Waals surface area contributed by atoms with Gasteiger partial charge in [0.2, 0.25) is 0 Å². The van der Waals surface area contributed by atoms with E-state index in [1.807, 2.05) is 21.1 Å². The predicted octanol–water partition coefficient (Wildman–Crippen LogP) is 27.3. The molecular weight excluding hydrogens is 1230 g/mol. The van der Waals surface area contributed by atoms with Crippen molar-refractivity contribution in [3.63, 3.8) is 0 Å². The Morgan fingerprint density at radius 3 is 0.867 bits per heavy atom. The Hall–Kier alpha value is -4.11. The number of carbonyl (C=O) groups excluding carboxylic acids is 2. The van der Waals surface area contributed by atoms with Crippen LogP contribution >= 0.6 is 7.82 Å². The molecule has 2 unspecified atom stereocenters. The second-order valence-corrected chi connectivity index (χ2v) is 29.5. The minimum Gasteiger partial charge on any atom is -0.462 e. The third kappa shape index (κ3) is 80.9. The number of allylic oxidation sites excluding steroid dienone is 24. The molecular formula is C88H153NO8P+. The van der Waals surface area contributed by atoms with Crippen molar-refractivity contribution in [2.75, 3.05) is 47.5 Å². The molecule has 98 heavy (non-hydrogen) atoms. The second kappa shape index (κ2) is 77.1. The van der Waals surface area contributed by atoms with E-state index < -0.39 is 26.5 Å². The number of quaternary nitrogens is 1. The van der Waals surface area contributed by atoms with E-state index in [2.05, 4.69) is 160 Å². The van der Waals surface area contributed by atoms with Crippen molar-refractivity contribution < 1.29 is 42.1 Å². The van der Waals surface area contributed by atoms with Gasteiger partial charge in [-0.2, -0.15) is 0 Å². The molecule has 0 aromatic rings. The number of hydrogen-bond acceptors (Lipinski definition) is 7. The number of rotatable bonds is 74. The van der Waals surface area contributed by atoms with Crippen LogP contribution in [0.5, 0.6) is 0 Å². The lowest BCUT2D eigenvalue weighted by atomic mass is 10.0. The zero-order chi connectivity index (χ0) is 71.1. The molecule has 0 saturated carbocycles. The van der Waals surface area contributed by atoms with Crippen LogP contribution in [0.15, 0.2) is 146 Å². The molecule has 0 fully saturated rings. The molecule has 0 radical (unpaired) electrons. The zero-order valence-electron chi connectivity index (χ0n) is 64.2. The number of likely N-dealkylation sites (N-methyl/N-ethyl adjacent to an activating group) is 1. The van der Waals surface area contributed by atoms with Crippen LogP contribution in [-0.4, -0.2) is 74.9 Å². The molecule has 0 aromatic heterocycles. The maximum Gasteiger partial charge on any atom is 0.472 e. The minimum atomic E-state index is -4.41. The van der Waals surface area contributed by atoms with E-state index in [0.29, 0.717) is 17.4 Å². The van der Waals surface area contributed by atoms with Gasteiger partial charge in [0.15, 0.2) is 6.10 Å². The molecule has 0 bridgehead atoms. The Bertz CT molecular complexity index is 2170. The monoisotopic (exact) mass is 1380 g/mol. The molecule has 0 aliphatic heterocycles. The molecule has 10 heteroatoms. The van der Waals surface area contributed by atoms with Crippen molar-refractivity contribution in [2.45, 2.75) is 354 Å². The molecule has 9 nitrogen and oxygen atoms in total. The summed E-state index contributed by atoms with van der Waals surface area (Å²) < 4.78 is 34.8. The summed E-state index contributed by atoms with van der Waals surface area (Å²) in [5.41, 5.74) is 0. The van der Waals surface area contributed by atoms with E-state index in [1.54, 1.807) is 0 Å². The SMILES string of the molecule is CC/C=C\C/C=C\C/C=C\C/C=C\C/C=C\C/C=C\C/C=C\C/C=C\C/C=C\CCCCCCCCCCCC(=O)OC(COC(=O)CCCCCCCCCCCCCCCCCCCCCCCC/C=C\C/C=C\C/C=C\CCCCCCC)COP(=O)(O)OCC[N+](C)(C)C. The molecule has 562 valence electrons. The van der Waals surface area contributed by atoms with Gasteiger partial charge in [0.1, 0.15) is 19.8 Å². The number of phosphoric acid groups is 1. The van der Waals surface area contributed by atoms with Gasteiger partial charge in [-0.15, -0.1) is 0 Å². The van der Waals surface area contributed by atoms with E-state index in [0.717, 1.165) is 116 Å². The minimum absolute atomic E-state index is 0.0255. The summed E-state index contributed by atoms with van der Waals surface area (Å²) in [6.45, 7) is 4.33. The first-order chi connectivity index (χ1) is 48.0. The highest BCUT2D eigenvalue weighted by Crippen LogP contribution is 2.43. The Morgan fingerprint density at radius 2 is 0.582 bits per heavy atom. The van der Waals surface area contributed by atoms with Crippen molar-refractivity contribution in [1.82, 2.24) is 0 Å². The normalized spacial score (nSPS) is 13.8. The zero-order valence-corrected chi connectivity index (χ0v) is 65.1.